The molecule has 0 spiro atoms. The fourth-order valence-corrected chi connectivity index (χ4v) is 1.59. The van der Waals surface area contributed by atoms with Gasteiger partial charge in [0.15, 0.2) is 0 Å². The van der Waals surface area contributed by atoms with E-state index in [1.165, 1.54) is 12.0 Å². The number of nitrogens with zero attached hydrogens (tertiary/aromatic N) is 1. The summed E-state index contributed by atoms with van der Waals surface area (Å²) in [7, 11) is 1.28. The van der Waals surface area contributed by atoms with Gasteiger partial charge >= 0.3 is 5.97 Å². The van der Waals surface area contributed by atoms with E-state index in [0.29, 0.717) is 0 Å². The zero-order valence-electron chi connectivity index (χ0n) is 8.55. The summed E-state index contributed by atoms with van der Waals surface area (Å²) in [5.41, 5.74) is 0. The summed E-state index contributed by atoms with van der Waals surface area (Å²) < 4.78 is 4.53. The number of amides is 1. The van der Waals surface area contributed by atoms with Crippen molar-refractivity contribution in [3.8, 4) is 0 Å². The van der Waals surface area contributed by atoms with Gasteiger partial charge in [-0.25, -0.2) is 0 Å². The van der Waals surface area contributed by atoms with Gasteiger partial charge in [0, 0.05) is 19.5 Å². The van der Waals surface area contributed by atoms with Crippen LogP contribution in [0.25, 0.3) is 0 Å². The van der Waals surface area contributed by atoms with Crippen LogP contribution in [0.1, 0.15) is 6.42 Å². The molecule has 0 aromatic carbocycles. The Morgan fingerprint density at radius 3 is 2.93 bits per heavy atom. The Balaban J connectivity index is 2.49. The van der Waals surface area contributed by atoms with Crippen LogP contribution in [0.5, 0.6) is 0 Å². The van der Waals surface area contributed by atoms with Gasteiger partial charge in [-0.05, 0) is 0 Å². The van der Waals surface area contributed by atoms with Crippen molar-refractivity contribution >= 4 is 11.9 Å². The lowest BCUT2D eigenvalue weighted by atomic mass is 10.1. The number of methoxy groups -OCH3 is 1. The first-order chi connectivity index (χ1) is 7.08. The smallest absolute Gasteiger partial charge is 0.310 e. The van der Waals surface area contributed by atoms with Crippen molar-refractivity contribution in [1.29, 1.82) is 0 Å². The molecule has 1 saturated heterocycles. The molecule has 1 aliphatic rings. The van der Waals surface area contributed by atoms with Gasteiger partial charge in [0.1, 0.15) is 0 Å². The summed E-state index contributed by atoms with van der Waals surface area (Å²) in [5.74, 6) is -1.06. The Labute approximate surface area is 87.4 Å². The van der Waals surface area contributed by atoms with Gasteiger partial charge in [-0.2, -0.15) is 0 Å². The number of rotatable bonds is 4. The third kappa shape index (κ3) is 2.90. The van der Waals surface area contributed by atoms with Gasteiger partial charge in [-0.1, -0.05) is 0 Å². The minimum Gasteiger partial charge on any atom is -0.469 e. The molecule has 0 radical (unpaired) electrons. The number of aliphatic hydroxyl groups is 2. The molecule has 2 atom stereocenters. The standard InChI is InChI=1S/C9H15NO5/c1-15-9(14)6-2-8(13)10(3-6)4-7(12)5-11/h6-7,11-12H,2-5H2,1H3. The Bertz CT molecular complexity index is 255. The van der Waals surface area contributed by atoms with E-state index in [1.807, 2.05) is 0 Å². The average Bonchev–Trinajstić information content (AvgIpc) is 2.59. The van der Waals surface area contributed by atoms with Crippen molar-refractivity contribution in [3.05, 3.63) is 0 Å². The van der Waals surface area contributed by atoms with Crippen LogP contribution < -0.4 is 0 Å². The number of likely N-dealkylation sites (tertiary alicyclic amines) is 1. The summed E-state index contributed by atoms with van der Waals surface area (Å²) in [4.78, 5) is 23.9. The minimum atomic E-state index is -0.953. The SMILES string of the molecule is COC(=O)C1CC(=O)N(CC(O)CO)C1. The number of hydrogen-bond donors (Lipinski definition) is 2. The van der Waals surface area contributed by atoms with E-state index >= 15 is 0 Å². The van der Waals surface area contributed by atoms with E-state index in [4.69, 9.17) is 10.2 Å². The van der Waals surface area contributed by atoms with Crippen LogP contribution in [0.4, 0.5) is 0 Å². The molecule has 6 nitrogen and oxygen atoms in total. The molecule has 1 aliphatic heterocycles. The number of carbonyl (C=O) groups is 2. The normalized spacial score (nSPS) is 23.0. The number of aliphatic hydroxyl groups excluding tert-OH is 2. The van der Waals surface area contributed by atoms with Crippen molar-refractivity contribution in [2.24, 2.45) is 5.92 Å². The van der Waals surface area contributed by atoms with E-state index in [0.717, 1.165) is 0 Å². The molecule has 0 aromatic heterocycles. The second kappa shape index (κ2) is 5.09. The lowest BCUT2D eigenvalue weighted by molar-refractivity contribution is -0.145. The highest BCUT2D eigenvalue weighted by Gasteiger charge is 2.35. The lowest BCUT2D eigenvalue weighted by Gasteiger charge is -2.18. The summed E-state index contributed by atoms with van der Waals surface area (Å²) in [6, 6.07) is 0. The van der Waals surface area contributed by atoms with Gasteiger partial charge in [0.2, 0.25) is 5.91 Å². The second-order valence-electron chi connectivity index (χ2n) is 3.56. The molecular weight excluding hydrogens is 202 g/mol. The van der Waals surface area contributed by atoms with Gasteiger partial charge in [0.05, 0.1) is 25.7 Å². The quantitative estimate of drug-likeness (QED) is 0.551. The Hall–Kier alpha value is -1.14. The second-order valence-corrected chi connectivity index (χ2v) is 3.56. The molecule has 1 amide bonds. The molecule has 2 N–H and O–H groups in total. The first kappa shape index (κ1) is 11.9. The number of ether oxygens (including phenoxy) is 1. The Kier molecular flexibility index (Phi) is 4.05. The Morgan fingerprint density at radius 1 is 1.73 bits per heavy atom. The molecule has 0 bridgehead atoms. The van der Waals surface area contributed by atoms with Crippen molar-refractivity contribution < 1.29 is 24.5 Å². The van der Waals surface area contributed by atoms with Gasteiger partial charge in [-0.15, -0.1) is 0 Å². The highest BCUT2D eigenvalue weighted by molar-refractivity contribution is 5.86. The topological polar surface area (TPSA) is 87.1 Å². The molecule has 15 heavy (non-hydrogen) atoms. The maximum atomic E-state index is 11.4. The zero-order chi connectivity index (χ0) is 11.4. The number of β-amino-alcohol motifs (C(OH)–C–C–N with tert-alkyl or cyclic N) is 1. The average molecular weight is 217 g/mol. The lowest BCUT2D eigenvalue weighted by Crippen LogP contribution is -2.35. The number of carbonyl (C=O) groups excluding carboxylic acids is 2. The Morgan fingerprint density at radius 2 is 2.40 bits per heavy atom. The van der Waals surface area contributed by atoms with Gasteiger partial charge in [0.25, 0.3) is 0 Å². The highest BCUT2D eigenvalue weighted by atomic mass is 16.5. The summed E-state index contributed by atoms with van der Waals surface area (Å²) in [6.45, 7) is -0.0853. The zero-order valence-corrected chi connectivity index (χ0v) is 8.55. The van der Waals surface area contributed by atoms with Crippen LogP contribution in [0.3, 0.4) is 0 Å². The third-order valence-corrected chi connectivity index (χ3v) is 2.39. The first-order valence-corrected chi connectivity index (χ1v) is 4.73. The first-order valence-electron chi connectivity index (χ1n) is 4.73. The monoisotopic (exact) mass is 217 g/mol. The molecule has 0 aliphatic carbocycles. The molecular formula is C9H15NO5. The van der Waals surface area contributed by atoms with Crippen LogP contribution in [0.2, 0.25) is 0 Å². The van der Waals surface area contributed by atoms with Crippen LogP contribution >= 0.6 is 0 Å². The van der Waals surface area contributed by atoms with Crippen LogP contribution in [0, 0.1) is 5.92 Å². The van der Waals surface area contributed by atoms with Crippen LogP contribution in [0.15, 0.2) is 0 Å². The molecule has 0 aromatic rings. The van der Waals surface area contributed by atoms with E-state index in [9.17, 15) is 9.59 Å². The fourth-order valence-electron chi connectivity index (χ4n) is 1.59. The predicted molar refractivity (Wildman–Crippen MR) is 49.8 cm³/mol. The van der Waals surface area contributed by atoms with E-state index in [2.05, 4.69) is 4.74 Å². The molecule has 86 valence electrons. The van der Waals surface area contributed by atoms with E-state index in [-0.39, 0.29) is 25.4 Å². The molecule has 2 unspecified atom stereocenters. The van der Waals surface area contributed by atoms with E-state index in [1.54, 1.807) is 0 Å². The van der Waals surface area contributed by atoms with Crippen molar-refractivity contribution in [2.45, 2.75) is 12.5 Å². The predicted octanol–water partition coefficient (Wildman–Crippen LogP) is -1.64. The van der Waals surface area contributed by atoms with Crippen LogP contribution in [-0.2, 0) is 14.3 Å². The van der Waals surface area contributed by atoms with Gasteiger partial charge in [-0.3, -0.25) is 9.59 Å². The molecule has 6 heteroatoms. The molecule has 1 heterocycles. The summed E-state index contributed by atoms with van der Waals surface area (Å²) in [5, 5.41) is 17.8. The molecule has 0 saturated carbocycles. The minimum absolute atomic E-state index is 0.0584. The number of esters is 1. The maximum absolute atomic E-state index is 11.4. The number of hydrogen-bond acceptors (Lipinski definition) is 5. The van der Waals surface area contributed by atoms with Crippen molar-refractivity contribution in [1.82, 2.24) is 4.90 Å². The molecule has 1 rings (SSSR count). The third-order valence-electron chi connectivity index (χ3n) is 2.39. The molecule has 1 fully saturated rings. The largest absolute Gasteiger partial charge is 0.469 e. The van der Waals surface area contributed by atoms with Crippen LogP contribution in [-0.4, -0.2) is 59.9 Å². The maximum Gasteiger partial charge on any atom is 0.310 e. The van der Waals surface area contributed by atoms with Crippen molar-refractivity contribution in [3.63, 3.8) is 0 Å². The van der Waals surface area contributed by atoms with Crippen molar-refractivity contribution in [2.75, 3.05) is 26.8 Å². The summed E-state index contributed by atoms with van der Waals surface area (Å²) in [6.07, 6.45) is -0.837. The van der Waals surface area contributed by atoms with E-state index < -0.39 is 24.6 Å². The fraction of sp³-hybridized carbons (Fsp3) is 0.778. The summed E-state index contributed by atoms with van der Waals surface area (Å²) >= 11 is 0. The van der Waals surface area contributed by atoms with Gasteiger partial charge < -0.3 is 19.8 Å². The highest BCUT2D eigenvalue weighted by Crippen LogP contribution is 2.18.